The number of piperidine rings is 1. The van der Waals surface area contributed by atoms with Crippen LogP contribution < -0.4 is 9.64 Å². The van der Waals surface area contributed by atoms with E-state index in [0.29, 0.717) is 45.3 Å². The molecule has 3 saturated heterocycles. The van der Waals surface area contributed by atoms with Crippen molar-refractivity contribution in [2.45, 2.75) is 37.8 Å². The highest BCUT2D eigenvalue weighted by Gasteiger charge is 2.48. The van der Waals surface area contributed by atoms with Gasteiger partial charge in [0.1, 0.15) is 11.8 Å². The Bertz CT molecular complexity index is 807. The lowest BCUT2D eigenvalue weighted by Gasteiger charge is -2.43. The first-order valence-corrected chi connectivity index (χ1v) is 10.5. The quantitative estimate of drug-likeness (QED) is 0.705. The molecule has 3 fully saturated rings. The predicted octanol–water partition coefficient (Wildman–Crippen LogP) is 0.799. The molecule has 0 aliphatic carbocycles. The van der Waals surface area contributed by atoms with E-state index in [-0.39, 0.29) is 11.8 Å². The van der Waals surface area contributed by atoms with Crippen LogP contribution in [0.3, 0.4) is 0 Å². The summed E-state index contributed by atoms with van der Waals surface area (Å²) in [5.74, 6) is -0.663. The lowest BCUT2D eigenvalue weighted by atomic mass is 10.0. The Morgan fingerprint density at radius 3 is 2.33 bits per heavy atom. The number of carboxylic acids is 1. The van der Waals surface area contributed by atoms with Crippen molar-refractivity contribution in [2.24, 2.45) is 0 Å². The number of likely N-dealkylation sites (tertiary alicyclic amines) is 1. The molecule has 0 radical (unpaired) electrons. The monoisotopic (exact) mass is 416 g/mol. The molecule has 2 amide bonds. The molecule has 3 aliphatic rings. The summed E-state index contributed by atoms with van der Waals surface area (Å²) in [4.78, 5) is 40.3. The molecular weight excluding hydrogens is 388 g/mol. The summed E-state index contributed by atoms with van der Waals surface area (Å²) in [6.45, 7) is 3.31. The van der Waals surface area contributed by atoms with Crippen LogP contribution in [0, 0.1) is 0 Å². The van der Waals surface area contributed by atoms with E-state index in [0.717, 1.165) is 24.5 Å². The third-order valence-corrected chi connectivity index (χ3v) is 6.29. The Labute approximate surface area is 175 Å². The Morgan fingerprint density at radius 2 is 1.70 bits per heavy atom. The first kappa shape index (κ1) is 20.6. The van der Waals surface area contributed by atoms with Crippen molar-refractivity contribution in [3.63, 3.8) is 0 Å². The minimum absolute atomic E-state index is 0.245. The molecule has 1 aromatic rings. The number of carboxylic acid groups (broad SMARTS) is 1. The number of carbonyl (C=O) groups is 3. The number of ether oxygens (including phenoxy) is 1. The van der Waals surface area contributed by atoms with Crippen molar-refractivity contribution in [2.75, 3.05) is 44.7 Å². The maximum absolute atomic E-state index is 12.4. The van der Waals surface area contributed by atoms with E-state index in [2.05, 4.69) is 9.91 Å². The van der Waals surface area contributed by atoms with Gasteiger partial charge in [0.05, 0.1) is 18.8 Å². The second-order valence-corrected chi connectivity index (χ2v) is 7.93. The number of imide groups is 1. The van der Waals surface area contributed by atoms with Crippen LogP contribution in [-0.2, 0) is 14.4 Å². The van der Waals surface area contributed by atoms with Crippen LogP contribution in [0.4, 0.5) is 5.69 Å². The molecule has 0 saturated carbocycles. The van der Waals surface area contributed by atoms with E-state index < -0.39 is 18.1 Å². The number of rotatable bonds is 5. The fourth-order valence-electron chi connectivity index (χ4n) is 4.87. The molecule has 9 heteroatoms. The number of hydrogen-bond acceptors (Lipinski definition) is 7. The van der Waals surface area contributed by atoms with E-state index in [1.807, 2.05) is 29.3 Å². The van der Waals surface area contributed by atoms with Crippen molar-refractivity contribution in [1.29, 1.82) is 0 Å². The van der Waals surface area contributed by atoms with E-state index in [1.165, 1.54) is 4.90 Å². The number of para-hydroxylation sites is 2. The smallest absolute Gasteiger partial charge is 0.324 e. The Hall–Kier alpha value is -2.65. The number of hydrogen-bond donors (Lipinski definition) is 1. The van der Waals surface area contributed by atoms with Crippen molar-refractivity contribution in [3.05, 3.63) is 24.3 Å². The van der Waals surface area contributed by atoms with E-state index >= 15 is 0 Å². The van der Waals surface area contributed by atoms with Gasteiger partial charge < -0.3 is 14.7 Å². The summed E-state index contributed by atoms with van der Waals surface area (Å²) >= 11 is 0. The molecule has 2 unspecified atom stereocenters. The molecule has 4 rings (SSSR count). The van der Waals surface area contributed by atoms with E-state index in [9.17, 15) is 19.5 Å². The second kappa shape index (κ2) is 8.61. The summed E-state index contributed by atoms with van der Waals surface area (Å²) in [5.41, 5.74) is 1.03. The number of amides is 2. The standard InChI is InChI=1S/C21H28N4O5/c1-30-17-6-3-2-5-15(17)22-11-13-23(14-12-22)24-10-9-16(20(24)21(28)29)25-18(26)7-4-8-19(25)27/h2-3,5-6,16,20H,4,7-14H2,1H3,(H,28,29). The molecule has 9 nitrogen and oxygen atoms in total. The number of methoxy groups -OCH3 is 1. The van der Waals surface area contributed by atoms with Crippen LogP contribution in [0.2, 0.25) is 0 Å². The minimum atomic E-state index is -0.990. The molecule has 3 aliphatic heterocycles. The van der Waals surface area contributed by atoms with Crippen LogP contribution in [0.5, 0.6) is 5.75 Å². The zero-order chi connectivity index (χ0) is 21.3. The summed E-state index contributed by atoms with van der Waals surface area (Å²) in [5, 5.41) is 13.8. The average molecular weight is 416 g/mol. The fourth-order valence-corrected chi connectivity index (χ4v) is 4.87. The molecule has 1 N–H and O–H groups in total. The summed E-state index contributed by atoms with van der Waals surface area (Å²) < 4.78 is 5.46. The fraction of sp³-hybridized carbons (Fsp3) is 0.571. The highest BCUT2D eigenvalue weighted by molar-refractivity contribution is 5.98. The van der Waals surface area contributed by atoms with Gasteiger partial charge in [-0.15, -0.1) is 0 Å². The van der Waals surface area contributed by atoms with Crippen LogP contribution in [0.15, 0.2) is 24.3 Å². The first-order valence-electron chi connectivity index (χ1n) is 10.5. The molecule has 1 aromatic carbocycles. The van der Waals surface area contributed by atoms with Gasteiger partial charge in [-0.2, -0.15) is 0 Å². The molecule has 30 heavy (non-hydrogen) atoms. The van der Waals surface area contributed by atoms with Gasteiger partial charge in [-0.25, -0.2) is 10.0 Å². The van der Waals surface area contributed by atoms with Gasteiger partial charge in [0.15, 0.2) is 0 Å². The molecule has 3 heterocycles. The number of nitrogens with zero attached hydrogens (tertiary/aromatic N) is 4. The zero-order valence-corrected chi connectivity index (χ0v) is 17.2. The number of carbonyl (C=O) groups excluding carboxylic acids is 2. The number of anilines is 1. The van der Waals surface area contributed by atoms with Gasteiger partial charge in [-0.1, -0.05) is 12.1 Å². The van der Waals surface area contributed by atoms with Crippen molar-refractivity contribution < 1.29 is 24.2 Å². The molecule has 0 spiro atoms. The van der Waals surface area contributed by atoms with Crippen LogP contribution >= 0.6 is 0 Å². The van der Waals surface area contributed by atoms with Gasteiger partial charge in [0.2, 0.25) is 11.8 Å². The molecule has 2 atom stereocenters. The Morgan fingerprint density at radius 1 is 1.03 bits per heavy atom. The number of hydrazine groups is 1. The summed E-state index contributed by atoms with van der Waals surface area (Å²) in [6.07, 6.45) is 1.66. The lowest BCUT2D eigenvalue weighted by Crippen LogP contribution is -2.61. The third-order valence-electron chi connectivity index (χ3n) is 6.29. The Balaban J connectivity index is 1.46. The van der Waals surface area contributed by atoms with Gasteiger partial charge in [0.25, 0.3) is 0 Å². The maximum atomic E-state index is 12.4. The van der Waals surface area contributed by atoms with E-state index in [1.54, 1.807) is 7.11 Å². The predicted molar refractivity (Wildman–Crippen MR) is 109 cm³/mol. The normalized spacial score (nSPS) is 26.3. The first-order chi connectivity index (χ1) is 14.5. The van der Waals surface area contributed by atoms with E-state index in [4.69, 9.17) is 4.74 Å². The van der Waals surface area contributed by atoms with Crippen LogP contribution in [0.1, 0.15) is 25.7 Å². The van der Waals surface area contributed by atoms with Gasteiger partial charge in [-0.05, 0) is 25.0 Å². The molecule has 162 valence electrons. The SMILES string of the molecule is COc1ccccc1N1CCN(N2CCC(N3C(=O)CCCC3=O)C2C(=O)O)CC1. The number of piperazine rings is 1. The van der Waals surface area contributed by atoms with Crippen molar-refractivity contribution in [3.8, 4) is 5.75 Å². The molecular formula is C21H28N4O5. The van der Waals surface area contributed by atoms with Crippen LogP contribution in [0.25, 0.3) is 0 Å². The van der Waals surface area contributed by atoms with Crippen molar-refractivity contribution >= 4 is 23.5 Å². The van der Waals surface area contributed by atoms with Crippen LogP contribution in [-0.4, -0.2) is 89.7 Å². The summed E-state index contributed by atoms with van der Waals surface area (Å²) in [6, 6.07) is 6.36. The highest BCUT2D eigenvalue weighted by Crippen LogP contribution is 2.31. The third kappa shape index (κ3) is 3.75. The minimum Gasteiger partial charge on any atom is -0.495 e. The zero-order valence-electron chi connectivity index (χ0n) is 17.2. The second-order valence-electron chi connectivity index (χ2n) is 7.93. The number of benzene rings is 1. The summed E-state index contributed by atoms with van der Waals surface area (Å²) in [7, 11) is 1.65. The molecule has 0 bridgehead atoms. The van der Waals surface area contributed by atoms with Crippen molar-refractivity contribution in [1.82, 2.24) is 14.9 Å². The van der Waals surface area contributed by atoms with Gasteiger partial charge in [-0.3, -0.25) is 19.3 Å². The Kier molecular flexibility index (Phi) is 5.92. The topological polar surface area (TPSA) is 93.6 Å². The van der Waals surface area contributed by atoms with Gasteiger partial charge in [0, 0.05) is 45.6 Å². The lowest BCUT2D eigenvalue weighted by molar-refractivity contribution is -0.159. The largest absolute Gasteiger partial charge is 0.495 e. The maximum Gasteiger partial charge on any atom is 0.324 e. The van der Waals surface area contributed by atoms with Gasteiger partial charge >= 0.3 is 5.97 Å². The number of aliphatic carboxylic acids is 1. The highest BCUT2D eigenvalue weighted by atomic mass is 16.5. The average Bonchev–Trinajstić information content (AvgIpc) is 3.19. The molecule has 0 aromatic heterocycles.